The molecule has 3 aromatic rings. The smallest absolute Gasteiger partial charge is 0.262 e. The van der Waals surface area contributed by atoms with Crippen LogP contribution in [0.2, 0.25) is 0 Å². The van der Waals surface area contributed by atoms with E-state index >= 15 is 0 Å². The normalized spacial score (nSPS) is 16.2. The fourth-order valence-electron chi connectivity index (χ4n) is 3.46. The van der Waals surface area contributed by atoms with E-state index in [0.717, 1.165) is 30.7 Å². The summed E-state index contributed by atoms with van der Waals surface area (Å²) in [7, 11) is 0. The van der Waals surface area contributed by atoms with Gasteiger partial charge in [0.15, 0.2) is 5.16 Å². The van der Waals surface area contributed by atoms with Crippen LogP contribution in [0.4, 0.5) is 5.69 Å². The number of aromatic nitrogens is 2. The van der Waals surface area contributed by atoms with E-state index in [-0.39, 0.29) is 23.3 Å². The van der Waals surface area contributed by atoms with Crippen LogP contribution in [0, 0.1) is 6.92 Å². The molecule has 1 N–H and O–H groups in total. The van der Waals surface area contributed by atoms with Gasteiger partial charge < -0.3 is 10.1 Å². The third kappa shape index (κ3) is 4.68. The van der Waals surface area contributed by atoms with Crippen molar-refractivity contribution in [1.29, 1.82) is 0 Å². The lowest BCUT2D eigenvalue weighted by Crippen LogP contribution is -2.29. The monoisotopic (exact) mass is 409 g/mol. The largest absolute Gasteiger partial charge is 0.376 e. The Morgan fingerprint density at radius 1 is 1.28 bits per heavy atom. The molecule has 0 spiro atoms. The average molecular weight is 410 g/mol. The van der Waals surface area contributed by atoms with Gasteiger partial charge in [-0.25, -0.2) is 4.98 Å². The van der Waals surface area contributed by atoms with Gasteiger partial charge in [0, 0.05) is 12.3 Å². The third-order valence-electron chi connectivity index (χ3n) is 4.87. The molecular weight excluding hydrogens is 386 g/mol. The number of carbonyl (C=O) groups is 1. The Balaban J connectivity index is 1.56. The number of nitrogens with zero attached hydrogens (tertiary/aromatic N) is 2. The first kappa shape index (κ1) is 19.7. The molecule has 1 unspecified atom stereocenters. The van der Waals surface area contributed by atoms with Crippen molar-refractivity contribution < 1.29 is 9.53 Å². The van der Waals surface area contributed by atoms with Gasteiger partial charge in [-0.15, -0.1) is 0 Å². The van der Waals surface area contributed by atoms with E-state index in [1.165, 1.54) is 11.8 Å². The Kier molecular flexibility index (Phi) is 5.97. The Morgan fingerprint density at radius 3 is 2.93 bits per heavy atom. The summed E-state index contributed by atoms with van der Waals surface area (Å²) in [6.07, 6.45) is 1.94. The maximum Gasteiger partial charge on any atom is 0.262 e. The van der Waals surface area contributed by atoms with E-state index in [4.69, 9.17) is 4.74 Å². The molecule has 0 radical (unpaired) electrons. The van der Waals surface area contributed by atoms with Crippen LogP contribution in [0.25, 0.3) is 10.9 Å². The molecule has 4 rings (SSSR count). The van der Waals surface area contributed by atoms with Gasteiger partial charge in [0.2, 0.25) is 5.91 Å². The second-order valence-electron chi connectivity index (χ2n) is 7.17. The number of hydrogen-bond acceptors (Lipinski definition) is 5. The van der Waals surface area contributed by atoms with Crippen molar-refractivity contribution in [1.82, 2.24) is 9.55 Å². The highest BCUT2D eigenvalue weighted by Gasteiger charge is 2.20. The molecule has 1 saturated heterocycles. The van der Waals surface area contributed by atoms with Crippen LogP contribution in [0.3, 0.4) is 0 Å². The average Bonchev–Trinajstić information content (AvgIpc) is 3.22. The van der Waals surface area contributed by atoms with Gasteiger partial charge in [0.05, 0.1) is 29.3 Å². The van der Waals surface area contributed by atoms with E-state index in [9.17, 15) is 9.59 Å². The number of hydrogen-bond donors (Lipinski definition) is 1. The second kappa shape index (κ2) is 8.80. The summed E-state index contributed by atoms with van der Waals surface area (Å²) < 4.78 is 7.37. The lowest BCUT2D eigenvalue weighted by Gasteiger charge is -2.16. The summed E-state index contributed by atoms with van der Waals surface area (Å²) in [6, 6.07) is 15.0. The summed E-state index contributed by atoms with van der Waals surface area (Å²) in [5.41, 5.74) is 2.39. The van der Waals surface area contributed by atoms with Crippen LogP contribution in [0.1, 0.15) is 18.4 Å². The van der Waals surface area contributed by atoms with Crippen molar-refractivity contribution in [2.24, 2.45) is 0 Å². The van der Waals surface area contributed by atoms with Gasteiger partial charge in [-0.05, 0) is 49.6 Å². The second-order valence-corrected chi connectivity index (χ2v) is 8.11. The zero-order chi connectivity index (χ0) is 20.2. The van der Waals surface area contributed by atoms with Gasteiger partial charge in [-0.3, -0.25) is 14.2 Å². The third-order valence-corrected chi connectivity index (χ3v) is 5.85. The molecule has 29 heavy (non-hydrogen) atoms. The first-order valence-electron chi connectivity index (χ1n) is 9.70. The van der Waals surface area contributed by atoms with Crippen LogP contribution < -0.4 is 10.9 Å². The highest BCUT2D eigenvalue weighted by Crippen LogP contribution is 2.21. The highest BCUT2D eigenvalue weighted by atomic mass is 32.2. The Hall–Kier alpha value is -2.64. The molecular formula is C22H23N3O3S. The zero-order valence-electron chi connectivity index (χ0n) is 16.3. The first-order chi connectivity index (χ1) is 14.1. The minimum Gasteiger partial charge on any atom is -0.376 e. The molecule has 1 atom stereocenters. The number of nitrogens with one attached hydrogen (secondary N) is 1. The molecule has 1 aliphatic rings. The molecule has 0 aliphatic carbocycles. The fourth-order valence-corrected chi connectivity index (χ4v) is 4.27. The molecule has 1 aromatic heterocycles. The van der Waals surface area contributed by atoms with Gasteiger partial charge in [0.1, 0.15) is 0 Å². The van der Waals surface area contributed by atoms with Crippen molar-refractivity contribution in [2.45, 2.75) is 37.6 Å². The summed E-state index contributed by atoms with van der Waals surface area (Å²) >= 11 is 1.28. The highest BCUT2D eigenvalue weighted by molar-refractivity contribution is 7.99. The van der Waals surface area contributed by atoms with Crippen molar-refractivity contribution in [3.63, 3.8) is 0 Å². The number of benzene rings is 2. The predicted octanol–water partition coefficient (Wildman–Crippen LogP) is 3.61. The number of amides is 1. The number of ether oxygens (including phenoxy) is 1. The van der Waals surface area contributed by atoms with Crippen LogP contribution in [-0.4, -0.2) is 33.9 Å². The Labute approximate surface area is 173 Å². The lowest BCUT2D eigenvalue weighted by atomic mass is 10.2. The fraction of sp³-hybridized carbons (Fsp3) is 0.318. The molecule has 0 saturated carbocycles. The maximum atomic E-state index is 13.1. The Morgan fingerprint density at radius 2 is 2.14 bits per heavy atom. The number of fused-ring (bicyclic) bond motifs is 1. The van der Waals surface area contributed by atoms with Gasteiger partial charge in [-0.1, -0.05) is 36.0 Å². The zero-order valence-corrected chi connectivity index (χ0v) is 17.1. The summed E-state index contributed by atoms with van der Waals surface area (Å²) in [6.45, 7) is 3.16. The van der Waals surface area contributed by atoms with Crippen LogP contribution >= 0.6 is 11.8 Å². The Bertz CT molecular complexity index is 1090. The molecule has 2 aromatic carbocycles. The molecule has 7 heteroatoms. The quantitative estimate of drug-likeness (QED) is 0.497. The molecule has 2 heterocycles. The van der Waals surface area contributed by atoms with Crippen LogP contribution in [-0.2, 0) is 16.1 Å². The topological polar surface area (TPSA) is 73.2 Å². The molecule has 0 bridgehead atoms. The molecule has 1 fully saturated rings. The van der Waals surface area contributed by atoms with Crippen molar-refractivity contribution >= 4 is 34.3 Å². The SMILES string of the molecule is Cc1cccc(NC(=O)CSc2nc3ccccc3c(=O)n2CC2CCCO2)c1. The number of rotatable bonds is 6. The van der Waals surface area contributed by atoms with E-state index in [0.29, 0.717) is 22.6 Å². The molecule has 1 aliphatic heterocycles. The number of aryl methyl sites for hydroxylation is 1. The number of carbonyl (C=O) groups excluding carboxylic acids is 1. The first-order valence-corrected chi connectivity index (χ1v) is 10.7. The van der Waals surface area contributed by atoms with Crippen molar-refractivity contribution in [2.75, 3.05) is 17.7 Å². The number of anilines is 1. The standard InChI is InChI=1S/C22H23N3O3S/c1-15-6-4-7-16(12-15)23-20(26)14-29-22-24-19-10-3-2-9-18(19)21(27)25(22)13-17-8-5-11-28-17/h2-4,6-7,9-10,12,17H,5,8,11,13-14H2,1H3,(H,23,26). The minimum absolute atomic E-state index is 0.0103. The van der Waals surface area contributed by atoms with Crippen LogP contribution in [0.15, 0.2) is 58.5 Å². The predicted molar refractivity (Wildman–Crippen MR) is 116 cm³/mol. The van der Waals surface area contributed by atoms with Crippen molar-refractivity contribution in [3.05, 3.63) is 64.4 Å². The molecule has 6 nitrogen and oxygen atoms in total. The van der Waals surface area contributed by atoms with Crippen molar-refractivity contribution in [3.8, 4) is 0 Å². The van der Waals surface area contributed by atoms with E-state index in [1.807, 2.05) is 49.4 Å². The van der Waals surface area contributed by atoms with Gasteiger partial charge in [-0.2, -0.15) is 0 Å². The van der Waals surface area contributed by atoms with E-state index in [2.05, 4.69) is 10.3 Å². The lowest BCUT2D eigenvalue weighted by molar-refractivity contribution is -0.113. The summed E-state index contributed by atoms with van der Waals surface area (Å²) in [4.78, 5) is 30.2. The van der Waals surface area contributed by atoms with E-state index in [1.54, 1.807) is 10.6 Å². The summed E-state index contributed by atoms with van der Waals surface area (Å²) in [5, 5.41) is 4.03. The van der Waals surface area contributed by atoms with E-state index < -0.39 is 0 Å². The minimum atomic E-state index is -0.133. The number of para-hydroxylation sites is 1. The van der Waals surface area contributed by atoms with Gasteiger partial charge in [0.25, 0.3) is 5.56 Å². The molecule has 1 amide bonds. The number of thioether (sulfide) groups is 1. The van der Waals surface area contributed by atoms with Gasteiger partial charge >= 0.3 is 0 Å². The maximum absolute atomic E-state index is 13.1. The van der Waals surface area contributed by atoms with Crippen LogP contribution in [0.5, 0.6) is 0 Å². The summed E-state index contributed by atoms with van der Waals surface area (Å²) in [5.74, 6) is 0.0382. The molecule has 150 valence electrons.